The molecule has 3 rings (SSSR count). The monoisotopic (exact) mass is 342 g/mol. The van der Waals surface area contributed by atoms with Gasteiger partial charge in [0.05, 0.1) is 22.5 Å². The lowest BCUT2D eigenvalue weighted by Gasteiger charge is -2.15. The maximum absolute atomic E-state index is 12.9. The normalized spacial score (nSPS) is 17.4. The van der Waals surface area contributed by atoms with Crippen molar-refractivity contribution in [1.82, 2.24) is 5.32 Å². The minimum Gasteiger partial charge on any atom is -0.496 e. The number of nitrogens with zero attached hydrogens (tertiary/aromatic N) is 1. The Morgan fingerprint density at radius 3 is 2.71 bits per heavy atom. The fourth-order valence-corrected chi connectivity index (χ4v) is 4.46. The summed E-state index contributed by atoms with van der Waals surface area (Å²) in [6, 6.07) is 13.1. The fraction of sp³-hybridized carbons (Fsp3) is 0.278. The van der Waals surface area contributed by atoms with Crippen LogP contribution >= 0.6 is 0 Å². The summed E-state index contributed by atoms with van der Waals surface area (Å²) in [4.78, 5) is 0.154. The van der Waals surface area contributed by atoms with Crippen LogP contribution in [-0.4, -0.2) is 28.6 Å². The van der Waals surface area contributed by atoms with Crippen molar-refractivity contribution >= 4 is 9.84 Å². The molecule has 0 radical (unpaired) electrons. The molecule has 1 fully saturated rings. The van der Waals surface area contributed by atoms with Crippen LogP contribution in [-0.2, 0) is 9.84 Å². The van der Waals surface area contributed by atoms with E-state index in [-0.39, 0.29) is 15.4 Å². The zero-order valence-corrected chi connectivity index (χ0v) is 14.1. The van der Waals surface area contributed by atoms with Crippen LogP contribution in [0.25, 0.3) is 0 Å². The Bertz CT molecular complexity index is 895. The highest BCUT2D eigenvalue weighted by molar-refractivity contribution is 7.91. The van der Waals surface area contributed by atoms with E-state index in [2.05, 4.69) is 5.32 Å². The Morgan fingerprint density at radius 1 is 1.25 bits per heavy atom. The van der Waals surface area contributed by atoms with Gasteiger partial charge in [-0.05, 0) is 42.8 Å². The van der Waals surface area contributed by atoms with Crippen molar-refractivity contribution in [1.29, 1.82) is 5.26 Å². The quantitative estimate of drug-likeness (QED) is 0.923. The highest BCUT2D eigenvalue weighted by Crippen LogP contribution is 2.34. The third-order valence-electron chi connectivity index (χ3n) is 4.31. The van der Waals surface area contributed by atoms with Gasteiger partial charge in [-0.25, -0.2) is 8.42 Å². The maximum atomic E-state index is 12.9. The number of nitriles is 1. The Labute approximate surface area is 141 Å². The van der Waals surface area contributed by atoms with Gasteiger partial charge in [-0.1, -0.05) is 18.2 Å². The van der Waals surface area contributed by atoms with Gasteiger partial charge in [-0.3, -0.25) is 0 Å². The zero-order chi connectivity index (χ0) is 17.2. The van der Waals surface area contributed by atoms with E-state index in [9.17, 15) is 13.7 Å². The molecule has 1 atom stereocenters. The minimum atomic E-state index is -3.77. The lowest BCUT2D eigenvalue weighted by Crippen LogP contribution is -2.10. The van der Waals surface area contributed by atoms with Crippen LogP contribution in [0.2, 0.25) is 0 Å². The predicted molar refractivity (Wildman–Crippen MR) is 89.8 cm³/mol. The van der Waals surface area contributed by atoms with E-state index in [1.807, 2.05) is 12.1 Å². The highest BCUT2D eigenvalue weighted by Gasteiger charge is 2.25. The van der Waals surface area contributed by atoms with Gasteiger partial charge in [-0.2, -0.15) is 5.26 Å². The first-order valence-electron chi connectivity index (χ1n) is 7.71. The molecule has 0 amide bonds. The van der Waals surface area contributed by atoms with E-state index in [1.54, 1.807) is 31.4 Å². The van der Waals surface area contributed by atoms with E-state index in [0.717, 1.165) is 25.1 Å². The summed E-state index contributed by atoms with van der Waals surface area (Å²) in [6.45, 7) is 1.81. The van der Waals surface area contributed by atoms with Gasteiger partial charge < -0.3 is 10.1 Å². The topological polar surface area (TPSA) is 79.2 Å². The van der Waals surface area contributed by atoms with Gasteiger partial charge in [0.25, 0.3) is 0 Å². The molecule has 0 bridgehead atoms. The van der Waals surface area contributed by atoms with E-state index >= 15 is 0 Å². The maximum Gasteiger partial charge on any atom is 0.208 e. The molecule has 0 aromatic heterocycles. The molecule has 2 aromatic rings. The number of nitrogens with one attached hydrogen (secondary N) is 1. The number of sulfone groups is 1. The smallest absolute Gasteiger partial charge is 0.208 e. The fourth-order valence-electron chi connectivity index (χ4n) is 3.04. The number of ether oxygens (including phenoxy) is 1. The van der Waals surface area contributed by atoms with Crippen LogP contribution in [0.15, 0.2) is 52.3 Å². The van der Waals surface area contributed by atoms with E-state index < -0.39 is 9.84 Å². The van der Waals surface area contributed by atoms with Crippen LogP contribution in [0.3, 0.4) is 0 Å². The second-order valence-corrected chi connectivity index (χ2v) is 7.62. The van der Waals surface area contributed by atoms with Crippen LogP contribution in [0.5, 0.6) is 5.75 Å². The standard InChI is InChI=1S/C18H18N2O3S/c1-23-17-10-15(6-7-16(17)14-8-9-20-12-14)24(21,22)18-5-3-2-4-13(18)11-19/h2-7,10,14,20H,8-9,12H2,1H3. The predicted octanol–water partition coefficient (Wildman–Crippen LogP) is 2.48. The van der Waals surface area contributed by atoms with E-state index in [1.165, 1.54) is 12.1 Å². The average Bonchev–Trinajstić information content (AvgIpc) is 3.15. The van der Waals surface area contributed by atoms with Gasteiger partial charge in [0, 0.05) is 12.5 Å². The number of hydrogen-bond donors (Lipinski definition) is 1. The molecule has 1 aliphatic rings. The first-order valence-corrected chi connectivity index (χ1v) is 9.19. The molecule has 0 spiro atoms. The first kappa shape index (κ1) is 16.5. The lowest BCUT2D eigenvalue weighted by atomic mass is 9.97. The molecule has 2 aromatic carbocycles. The van der Waals surface area contributed by atoms with Crippen molar-refractivity contribution in [3.8, 4) is 11.8 Å². The van der Waals surface area contributed by atoms with Crippen molar-refractivity contribution in [3.05, 3.63) is 53.6 Å². The molecule has 0 saturated carbocycles. The van der Waals surface area contributed by atoms with Crippen molar-refractivity contribution in [2.45, 2.75) is 22.1 Å². The summed E-state index contributed by atoms with van der Waals surface area (Å²) in [5.41, 5.74) is 1.15. The number of methoxy groups -OCH3 is 1. The van der Waals surface area contributed by atoms with Gasteiger partial charge in [-0.15, -0.1) is 0 Å². The third-order valence-corrected chi connectivity index (χ3v) is 6.12. The Morgan fingerprint density at radius 2 is 2.04 bits per heavy atom. The Balaban J connectivity index is 2.07. The molecular formula is C18H18N2O3S. The number of hydrogen-bond acceptors (Lipinski definition) is 5. The molecular weight excluding hydrogens is 324 g/mol. The molecule has 1 heterocycles. The second-order valence-electron chi connectivity index (χ2n) is 5.70. The zero-order valence-electron chi connectivity index (χ0n) is 13.3. The Hall–Kier alpha value is -2.36. The summed E-state index contributed by atoms with van der Waals surface area (Å²) in [7, 11) is -2.23. The van der Waals surface area contributed by atoms with Gasteiger partial charge in [0.2, 0.25) is 9.84 Å². The van der Waals surface area contributed by atoms with Crippen molar-refractivity contribution in [2.24, 2.45) is 0 Å². The van der Waals surface area contributed by atoms with Gasteiger partial charge >= 0.3 is 0 Å². The van der Waals surface area contributed by atoms with Crippen LogP contribution < -0.4 is 10.1 Å². The first-order chi connectivity index (χ1) is 11.6. The van der Waals surface area contributed by atoms with Crippen LogP contribution in [0.1, 0.15) is 23.5 Å². The van der Waals surface area contributed by atoms with E-state index in [0.29, 0.717) is 11.7 Å². The minimum absolute atomic E-state index is 0.0184. The molecule has 1 saturated heterocycles. The van der Waals surface area contributed by atoms with Crippen molar-refractivity contribution in [3.63, 3.8) is 0 Å². The van der Waals surface area contributed by atoms with Crippen molar-refractivity contribution in [2.75, 3.05) is 20.2 Å². The van der Waals surface area contributed by atoms with Gasteiger partial charge in [0.15, 0.2) is 0 Å². The largest absolute Gasteiger partial charge is 0.496 e. The molecule has 1 aliphatic heterocycles. The molecule has 124 valence electrons. The summed E-state index contributed by atoms with van der Waals surface area (Å²) >= 11 is 0. The van der Waals surface area contributed by atoms with Gasteiger partial charge in [0.1, 0.15) is 11.8 Å². The average molecular weight is 342 g/mol. The van der Waals surface area contributed by atoms with E-state index in [4.69, 9.17) is 4.74 Å². The number of benzene rings is 2. The summed E-state index contributed by atoms with van der Waals surface area (Å²) in [6.07, 6.45) is 1.000. The Kier molecular flexibility index (Phi) is 4.56. The molecule has 0 aliphatic carbocycles. The van der Waals surface area contributed by atoms with Crippen LogP contribution in [0, 0.1) is 11.3 Å². The molecule has 1 N–H and O–H groups in total. The molecule has 6 heteroatoms. The second kappa shape index (κ2) is 6.63. The summed E-state index contributed by atoms with van der Waals surface area (Å²) < 4.78 is 31.2. The summed E-state index contributed by atoms with van der Waals surface area (Å²) in [5.74, 6) is 0.891. The molecule has 5 nitrogen and oxygen atoms in total. The third kappa shape index (κ3) is 2.88. The highest BCUT2D eigenvalue weighted by atomic mass is 32.2. The van der Waals surface area contributed by atoms with Crippen LogP contribution in [0.4, 0.5) is 0 Å². The van der Waals surface area contributed by atoms with Crippen molar-refractivity contribution < 1.29 is 13.2 Å². The summed E-state index contributed by atoms with van der Waals surface area (Å²) in [5, 5.41) is 12.5. The molecule has 24 heavy (non-hydrogen) atoms. The number of rotatable bonds is 4. The SMILES string of the molecule is COc1cc(S(=O)(=O)c2ccccc2C#N)ccc1C1CCNC1. The lowest BCUT2D eigenvalue weighted by molar-refractivity contribution is 0.405. The molecule has 1 unspecified atom stereocenters.